The molecule has 0 radical (unpaired) electrons. The van der Waals surface area contributed by atoms with Gasteiger partial charge in [-0.15, -0.1) is 0 Å². The first-order chi connectivity index (χ1) is 30.4. The zero-order valence-corrected chi connectivity index (χ0v) is 43.2. The lowest BCUT2D eigenvalue weighted by molar-refractivity contribution is -0.870. The highest BCUT2D eigenvalue weighted by atomic mass is 31.2. The number of esters is 1. The van der Waals surface area contributed by atoms with Crippen LogP contribution in [0.1, 0.15) is 252 Å². The van der Waals surface area contributed by atoms with Crippen LogP contribution in [-0.4, -0.2) is 69.4 Å². The maximum absolute atomic E-state index is 13.4. The van der Waals surface area contributed by atoms with E-state index in [1.807, 2.05) is 33.3 Å². The number of carbonyl (C=O) groups is 2. The van der Waals surface area contributed by atoms with Crippen molar-refractivity contribution in [2.45, 2.75) is 264 Å². The number of carbonyl (C=O) groups excluding carboxylic acids is 2. The Morgan fingerprint density at radius 3 is 1.40 bits per heavy atom. The molecule has 0 fully saturated rings. The highest BCUT2D eigenvalue weighted by molar-refractivity contribution is 7.45. The van der Waals surface area contributed by atoms with Gasteiger partial charge in [-0.2, -0.15) is 0 Å². The number of unbranched alkanes of at least 4 members (excludes halogenated alkanes) is 30. The van der Waals surface area contributed by atoms with E-state index in [0.717, 1.165) is 83.5 Å². The van der Waals surface area contributed by atoms with Crippen molar-refractivity contribution in [1.82, 2.24) is 5.32 Å². The molecule has 0 aliphatic carbocycles. The second-order valence-electron chi connectivity index (χ2n) is 19.4. The minimum Gasteiger partial charge on any atom is -0.756 e. The minimum absolute atomic E-state index is 0.0210. The normalized spacial score (nSPS) is 14.1. The average Bonchev–Trinajstić information content (AvgIpc) is 3.23. The first-order valence-corrected chi connectivity index (χ1v) is 28.1. The first-order valence-electron chi connectivity index (χ1n) is 26.6. The maximum Gasteiger partial charge on any atom is 0.306 e. The lowest BCUT2D eigenvalue weighted by atomic mass is 10.0. The predicted molar refractivity (Wildman–Crippen MR) is 266 cm³/mol. The van der Waals surface area contributed by atoms with E-state index in [-0.39, 0.29) is 31.5 Å². The monoisotopic (exact) mass is 911 g/mol. The number of likely N-dealkylation sites (N-methyl/N-ethyl adjacent to an activating group) is 1. The molecule has 0 heterocycles. The molecule has 9 nitrogen and oxygen atoms in total. The third kappa shape index (κ3) is 45.4. The number of phosphoric ester groups is 1. The number of nitrogens with one attached hydrogen (secondary N) is 1. The molecule has 0 rings (SSSR count). The van der Waals surface area contributed by atoms with Crippen LogP contribution in [0.3, 0.4) is 0 Å². The van der Waals surface area contributed by atoms with Gasteiger partial charge >= 0.3 is 5.97 Å². The number of amides is 1. The van der Waals surface area contributed by atoms with Gasteiger partial charge in [-0.25, -0.2) is 0 Å². The molecule has 0 spiro atoms. The molecule has 372 valence electrons. The molecule has 0 bridgehead atoms. The Bertz CT molecular complexity index is 1140. The Labute approximate surface area is 390 Å². The fraction of sp³-hybridized carbons (Fsp3) is 0.887. The third-order valence-electron chi connectivity index (χ3n) is 11.9. The molecule has 10 heteroatoms. The van der Waals surface area contributed by atoms with Crippen LogP contribution in [0.2, 0.25) is 0 Å². The Kier molecular flexibility index (Phi) is 43.3. The summed E-state index contributed by atoms with van der Waals surface area (Å²) in [6.07, 6.45) is 48.5. The standard InChI is InChI=1S/C53H103N2O7P/c1-7-10-13-16-19-22-25-27-30-32-35-38-41-44-51(62-53(57)46-43-40-37-34-31-28-26-23-20-17-14-11-8-2)50(49-61-63(58,59)60-48-47-55(4,5)6)54-52(56)45-42-39-36-33-29-24-21-18-15-12-9-3/h18,21,41,44,50-51H,7-17,19-20,22-40,42-43,45-49H2,1-6H3,(H-,54,56,58,59)/b21-18-,44-41+. The number of hydrogen-bond donors (Lipinski definition) is 1. The van der Waals surface area contributed by atoms with Crippen LogP contribution in [0.5, 0.6) is 0 Å². The smallest absolute Gasteiger partial charge is 0.306 e. The summed E-state index contributed by atoms with van der Waals surface area (Å²) in [6.45, 7) is 6.80. The Morgan fingerprint density at radius 2 is 0.937 bits per heavy atom. The molecule has 0 saturated carbocycles. The van der Waals surface area contributed by atoms with Gasteiger partial charge in [0.2, 0.25) is 5.91 Å². The van der Waals surface area contributed by atoms with Crippen LogP contribution in [0.15, 0.2) is 24.3 Å². The van der Waals surface area contributed by atoms with Crippen molar-refractivity contribution in [2.75, 3.05) is 40.9 Å². The van der Waals surface area contributed by atoms with Crippen molar-refractivity contribution >= 4 is 19.7 Å². The summed E-state index contributed by atoms with van der Waals surface area (Å²) in [5.74, 6) is -0.545. The van der Waals surface area contributed by atoms with E-state index in [0.29, 0.717) is 17.4 Å². The van der Waals surface area contributed by atoms with Crippen LogP contribution in [-0.2, 0) is 27.9 Å². The van der Waals surface area contributed by atoms with Crippen LogP contribution >= 0.6 is 7.82 Å². The zero-order valence-electron chi connectivity index (χ0n) is 42.3. The van der Waals surface area contributed by atoms with E-state index in [9.17, 15) is 19.0 Å². The zero-order chi connectivity index (χ0) is 46.5. The van der Waals surface area contributed by atoms with E-state index in [2.05, 4.69) is 38.2 Å². The fourth-order valence-electron chi connectivity index (χ4n) is 7.68. The number of ether oxygens (including phenoxy) is 1. The number of rotatable bonds is 48. The summed E-state index contributed by atoms with van der Waals surface area (Å²) < 4.78 is 30.1. The van der Waals surface area contributed by atoms with Gasteiger partial charge in [0.15, 0.2) is 0 Å². The van der Waals surface area contributed by atoms with E-state index in [4.69, 9.17) is 13.8 Å². The number of nitrogens with zero attached hydrogens (tertiary/aromatic N) is 1. The summed E-state index contributed by atoms with van der Waals surface area (Å²) in [5.41, 5.74) is 0. The molecule has 0 aromatic carbocycles. The van der Waals surface area contributed by atoms with Crippen molar-refractivity contribution in [1.29, 1.82) is 0 Å². The fourth-order valence-corrected chi connectivity index (χ4v) is 8.40. The van der Waals surface area contributed by atoms with Crippen LogP contribution < -0.4 is 10.2 Å². The van der Waals surface area contributed by atoms with Crippen LogP contribution in [0, 0.1) is 0 Å². The molecule has 3 unspecified atom stereocenters. The quantitative estimate of drug-likeness (QED) is 0.0213. The lowest BCUT2D eigenvalue weighted by Gasteiger charge is -2.30. The summed E-state index contributed by atoms with van der Waals surface area (Å²) in [6, 6.07) is -0.884. The molecular weight excluding hydrogens is 808 g/mol. The van der Waals surface area contributed by atoms with Gasteiger partial charge in [-0.3, -0.25) is 14.2 Å². The van der Waals surface area contributed by atoms with Gasteiger partial charge in [0.05, 0.1) is 33.8 Å². The van der Waals surface area contributed by atoms with Crippen LogP contribution in [0.25, 0.3) is 0 Å². The van der Waals surface area contributed by atoms with Gasteiger partial charge in [-0.1, -0.05) is 212 Å². The van der Waals surface area contributed by atoms with Crippen molar-refractivity contribution in [2.24, 2.45) is 0 Å². The Balaban J connectivity index is 5.42. The van der Waals surface area contributed by atoms with Gasteiger partial charge in [0, 0.05) is 12.8 Å². The van der Waals surface area contributed by atoms with Crippen molar-refractivity contribution in [3.63, 3.8) is 0 Å². The molecule has 0 aliphatic heterocycles. The predicted octanol–water partition coefficient (Wildman–Crippen LogP) is 14.8. The summed E-state index contributed by atoms with van der Waals surface area (Å²) in [5, 5.41) is 3.00. The Hall–Kier alpha value is -1.51. The van der Waals surface area contributed by atoms with E-state index in [1.165, 1.54) is 135 Å². The number of quaternary nitrogens is 1. The van der Waals surface area contributed by atoms with E-state index < -0.39 is 20.0 Å². The van der Waals surface area contributed by atoms with E-state index in [1.54, 1.807) is 0 Å². The topological polar surface area (TPSA) is 114 Å². The summed E-state index contributed by atoms with van der Waals surface area (Å²) in [4.78, 5) is 39.6. The number of hydrogen-bond acceptors (Lipinski definition) is 7. The largest absolute Gasteiger partial charge is 0.756 e. The molecule has 0 aromatic heterocycles. The molecule has 1 N–H and O–H groups in total. The second-order valence-corrected chi connectivity index (χ2v) is 20.8. The number of allylic oxidation sites excluding steroid dienone is 3. The van der Waals surface area contributed by atoms with E-state index >= 15 is 0 Å². The van der Waals surface area contributed by atoms with Gasteiger partial charge in [0.1, 0.15) is 19.3 Å². The molecule has 0 saturated heterocycles. The SMILES string of the molecule is CCCC/C=C\CCCCCCCC(=O)NC(COP(=O)([O-])OCC[N+](C)(C)C)C(/C=C/CCCCCCCCCCCCC)OC(=O)CCCCCCCCCCCCCCC. The van der Waals surface area contributed by atoms with Crippen molar-refractivity contribution < 1.29 is 37.3 Å². The molecule has 3 atom stereocenters. The first kappa shape index (κ1) is 61.5. The van der Waals surface area contributed by atoms with Crippen molar-refractivity contribution in [3.05, 3.63) is 24.3 Å². The Morgan fingerprint density at radius 1 is 0.540 bits per heavy atom. The average molecular weight is 911 g/mol. The van der Waals surface area contributed by atoms with Gasteiger partial charge in [-0.05, 0) is 51.0 Å². The highest BCUT2D eigenvalue weighted by Gasteiger charge is 2.27. The van der Waals surface area contributed by atoms with Crippen LogP contribution in [0.4, 0.5) is 0 Å². The molecule has 0 aromatic rings. The highest BCUT2D eigenvalue weighted by Crippen LogP contribution is 2.38. The number of phosphoric acid groups is 1. The van der Waals surface area contributed by atoms with Crippen molar-refractivity contribution in [3.8, 4) is 0 Å². The second kappa shape index (κ2) is 44.3. The van der Waals surface area contributed by atoms with Gasteiger partial charge < -0.3 is 28.5 Å². The summed E-state index contributed by atoms with van der Waals surface area (Å²) >= 11 is 0. The molecule has 63 heavy (non-hydrogen) atoms. The summed E-state index contributed by atoms with van der Waals surface area (Å²) in [7, 11) is 1.19. The third-order valence-corrected chi connectivity index (χ3v) is 12.8. The molecule has 0 aliphatic rings. The van der Waals surface area contributed by atoms with Gasteiger partial charge in [0.25, 0.3) is 7.82 Å². The molecule has 1 amide bonds. The minimum atomic E-state index is -4.68. The lowest BCUT2D eigenvalue weighted by Crippen LogP contribution is -2.47. The molecular formula is C53H103N2O7P. The maximum atomic E-state index is 13.4.